The normalized spacial score (nSPS) is 29.1. The molecule has 3 amide bonds. The van der Waals surface area contributed by atoms with Crippen molar-refractivity contribution in [1.82, 2.24) is 19.9 Å². The third-order valence-electron chi connectivity index (χ3n) is 12.6. The van der Waals surface area contributed by atoms with Gasteiger partial charge in [0.2, 0.25) is 21.8 Å². The first-order valence-electron chi connectivity index (χ1n) is 19.6. The Morgan fingerprint density at radius 2 is 1.88 bits per heavy atom. The van der Waals surface area contributed by atoms with Crippen LogP contribution in [0.5, 0.6) is 5.75 Å². The maximum Gasteiger partial charge on any atom is 0.306 e. The Balaban J connectivity index is 1.18. The van der Waals surface area contributed by atoms with Crippen molar-refractivity contribution in [2.45, 2.75) is 106 Å². The largest absolute Gasteiger partial charge is 0.483 e. The number of methoxy groups -OCH3 is 1. The summed E-state index contributed by atoms with van der Waals surface area (Å²) in [6.45, 7) is 1.60. The molecule has 3 aromatic rings. The number of halogens is 1. The Bertz CT molecular complexity index is 2260. The van der Waals surface area contributed by atoms with Gasteiger partial charge in [0.1, 0.15) is 34.4 Å². The average molecular weight is 787 g/mol. The van der Waals surface area contributed by atoms with Gasteiger partial charge in [-0.25, -0.2) is 17.8 Å². The molecule has 0 radical (unpaired) electrons. The quantitative estimate of drug-likeness (QED) is 0.250. The highest BCUT2D eigenvalue weighted by Gasteiger charge is 2.64. The van der Waals surface area contributed by atoms with E-state index in [9.17, 15) is 32.0 Å². The van der Waals surface area contributed by atoms with E-state index in [2.05, 4.69) is 10.0 Å². The average Bonchev–Trinajstić information content (AvgIpc) is 4.07. The molecule has 8 rings (SSSR count). The fourth-order valence-electron chi connectivity index (χ4n) is 8.73. The Morgan fingerprint density at radius 3 is 2.64 bits per heavy atom. The molecule has 2 aromatic carbocycles. The first-order valence-corrected chi connectivity index (χ1v) is 21.0. The number of amides is 3. The van der Waals surface area contributed by atoms with Crippen LogP contribution < -0.4 is 14.8 Å². The minimum atomic E-state index is -4.01. The molecule has 3 aliphatic heterocycles. The summed E-state index contributed by atoms with van der Waals surface area (Å²) in [5.74, 6) is -3.55. The van der Waals surface area contributed by atoms with E-state index in [1.165, 1.54) is 24.1 Å². The number of para-hydroxylation sites is 1. The number of fused-ring (bicyclic) bond motifs is 5. The molecular formula is C42H47FN4O8S. The maximum absolute atomic E-state index is 14.7. The van der Waals surface area contributed by atoms with E-state index in [1.807, 2.05) is 36.4 Å². The van der Waals surface area contributed by atoms with Crippen LogP contribution in [0.25, 0.3) is 22.2 Å². The van der Waals surface area contributed by atoms with Gasteiger partial charge in [0, 0.05) is 34.8 Å². The lowest BCUT2D eigenvalue weighted by molar-refractivity contribution is -0.149. The number of benzene rings is 2. The smallest absolute Gasteiger partial charge is 0.306 e. The van der Waals surface area contributed by atoms with Crippen LogP contribution in [-0.2, 0) is 40.4 Å². The second-order valence-corrected chi connectivity index (χ2v) is 18.7. The minimum absolute atomic E-state index is 0.00567. The summed E-state index contributed by atoms with van der Waals surface area (Å²) in [4.78, 5) is 62.4. The number of pyridine rings is 1. The fraction of sp³-hybridized carbons (Fsp3) is 0.500. The van der Waals surface area contributed by atoms with Crippen LogP contribution in [0.2, 0.25) is 0 Å². The van der Waals surface area contributed by atoms with Crippen molar-refractivity contribution in [3.63, 3.8) is 0 Å². The lowest BCUT2D eigenvalue weighted by Crippen LogP contribution is -2.57. The number of ether oxygens (including phenoxy) is 2. The van der Waals surface area contributed by atoms with E-state index in [0.29, 0.717) is 62.0 Å². The number of aryl methyl sites for hydroxylation is 1. The van der Waals surface area contributed by atoms with Crippen molar-refractivity contribution >= 4 is 44.6 Å². The Hall–Kier alpha value is -4.85. The highest BCUT2D eigenvalue weighted by molar-refractivity contribution is 7.91. The molecule has 12 nitrogen and oxygen atoms in total. The van der Waals surface area contributed by atoms with Crippen molar-refractivity contribution in [3.8, 4) is 17.0 Å². The Morgan fingerprint density at radius 1 is 1.07 bits per heavy atom. The van der Waals surface area contributed by atoms with Crippen LogP contribution in [0.4, 0.5) is 4.39 Å². The van der Waals surface area contributed by atoms with Crippen LogP contribution >= 0.6 is 0 Å². The lowest BCUT2D eigenvalue weighted by atomic mass is 9.86. The molecule has 3 fully saturated rings. The number of aromatic nitrogens is 1. The highest BCUT2D eigenvalue weighted by atomic mass is 32.2. The van der Waals surface area contributed by atoms with Gasteiger partial charge in [-0.1, -0.05) is 55.3 Å². The standard InChI is InChI=1S/C42H47FN4O8S/c1-40(19-20-40)56(52,53)46-39(51)42-23-28(42)13-7-5-3-4-6-11-27(22-34(48)54-2)38(50)47-25-41(24-33(47)37(49)45-42)18-17-31-30-15-8-9-16-32(30)44-35(36(31)55-41)26-12-10-14-29(43)21-26/h7-10,12-16,21,27-28,33H,3-6,11,17-20,22-25H2,1-2H3,(H,45,49)(H,46,51)/b13-7-/t27-,28-,33+,41-,42-/m1/s1. The van der Waals surface area contributed by atoms with E-state index < -0.39 is 73.3 Å². The zero-order valence-electron chi connectivity index (χ0n) is 31.6. The van der Waals surface area contributed by atoms with Crippen molar-refractivity contribution in [2.75, 3.05) is 13.7 Å². The van der Waals surface area contributed by atoms with Crippen LogP contribution in [0.15, 0.2) is 60.7 Å². The summed E-state index contributed by atoms with van der Waals surface area (Å²) in [5, 5.41) is 3.82. The third-order valence-corrected chi connectivity index (χ3v) is 14.7. The maximum atomic E-state index is 14.7. The van der Waals surface area contributed by atoms with Gasteiger partial charge in [0.05, 0.1) is 30.3 Å². The number of carbonyl (C=O) groups is 4. The Kier molecular flexibility index (Phi) is 9.69. The van der Waals surface area contributed by atoms with Crippen molar-refractivity contribution < 1.29 is 41.5 Å². The van der Waals surface area contributed by atoms with Crippen molar-refractivity contribution in [2.24, 2.45) is 11.8 Å². The van der Waals surface area contributed by atoms with Gasteiger partial charge in [0.25, 0.3) is 5.91 Å². The SMILES string of the molecule is COC(=O)C[C@H]1CCCCC/C=C\[C@@H]2C[C@@]2(C(=O)NS(=O)(=O)C2(C)CC2)NC(=O)[C@@H]2C[C@]3(CCc4c(c(-c5cccc(F)c5)nc5ccccc45)O3)CN2C1=O. The minimum Gasteiger partial charge on any atom is -0.483 e. The van der Waals surface area contributed by atoms with E-state index in [4.69, 9.17) is 14.5 Å². The predicted octanol–water partition coefficient (Wildman–Crippen LogP) is 5.28. The molecular weight excluding hydrogens is 740 g/mol. The Labute approximate surface area is 325 Å². The van der Waals surface area contributed by atoms with Crippen molar-refractivity contribution in [3.05, 3.63) is 72.1 Å². The van der Waals surface area contributed by atoms with E-state index in [0.717, 1.165) is 29.3 Å². The lowest BCUT2D eigenvalue weighted by Gasteiger charge is -2.37. The van der Waals surface area contributed by atoms with Gasteiger partial charge in [-0.2, -0.15) is 0 Å². The fourth-order valence-corrected chi connectivity index (χ4v) is 10.0. The van der Waals surface area contributed by atoms with Gasteiger partial charge < -0.3 is 19.7 Å². The first-order chi connectivity index (χ1) is 26.8. The number of carbonyl (C=O) groups excluding carboxylic acids is 4. The van der Waals surface area contributed by atoms with Gasteiger partial charge in [-0.3, -0.25) is 23.9 Å². The molecule has 0 bridgehead atoms. The first kappa shape index (κ1) is 38.0. The summed E-state index contributed by atoms with van der Waals surface area (Å²) in [6.07, 6.45) is 9.09. The highest BCUT2D eigenvalue weighted by Crippen LogP contribution is 2.50. The molecule has 1 spiro atoms. The van der Waals surface area contributed by atoms with E-state index in [1.54, 1.807) is 19.1 Å². The zero-order valence-corrected chi connectivity index (χ0v) is 32.5. The summed E-state index contributed by atoms with van der Waals surface area (Å²) >= 11 is 0. The number of esters is 1. The monoisotopic (exact) mass is 786 g/mol. The zero-order chi connectivity index (χ0) is 39.5. The van der Waals surface area contributed by atoms with Crippen LogP contribution in [-0.4, -0.2) is 77.6 Å². The van der Waals surface area contributed by atoms with Crippen LogP contribution in [0.1, 0.15) is 83.1 Å². The molecule has 5 aliphatic rings. The summed E-state index contributed by atoms with van der Waals surface area (Å²) in [7, 11) is -2.73. The second kappa shape index (κ2) is 14.3. The molecule has 1 aromatic heterocycles. The number of rotatable bonds is 6. The number of hydrogen-bond acceptors (Lipinski definition) is 9. The molecule has 1 saturated heterocycles. The predicted molar refractivity (Wildman–Crippen MR) is 205 cm³/mol. The molecule has 0 unspecified atom stereocenters. The van der Waals surface area contributed by atoms with E-state index in [-0.39, 0.29) is 25.8 Å². The molecule has 2 aliphatic carbocycles. The number of nitrogens with zero attached hydrogens (tertiary/aromatic N) is 2. The summed E-state index contributed by atoms with van der Waals surface area (Å²) in [6, 6.07) is 12.6. The van der Waals surface area contributed by atoms with Crippen LogP contribution in [0, 0.1) is 17.7 Å². The molecule has 5 atom stereocenters. The second-order valence-electron chi connectivity index (χ2n) is 16.5. The topological polar surface area (TPSA) is 161 Å². The molecule has 296 valence electrons. The summed E-state index contributed by atoms with van der Waals surface area (Å²) < 4.78 is 54.3. The number of nitrogens with one attached hydrogen (secondary N) is 2. The molecule has 14 heteroatoms. The molecule has 4 heterocycles. The molecule has 56 heavy (non-hydrogen) atoms. The number of hydrogen-bond donors (Lipinski definition) is 2. The van der Waals surface area contributed by atoms with E-state index >= 15 is 0 Å². The van der Waals surface area contributed by atoms with Gasteiger partial charge in [-0.15, -0.1) is 0 Å². The van der Waals surface area contributed by atoms with Crippen molar-refractivity contribution in [1.29, 1.82) is 0 Å². The van der Waals surface area contributed by atoms with Gasteiger partial charge in [0.15, 0.2) is 0 Å². The molecule has 2 N–H and O–H groups in total. The van der Waals surface area contributed by atoms with Gasteiger partial charge >= 0.3 is 5.97 Å². The molecule has 2 saturated carbocycles. The number of allylic oxidation sites excluding steroid dienone is 1. The number of sulfonamides is 1. The van der Waals surface area contributed by atoms with Gasteiger partial charge in [-0.05, 0) is 76.5 Å². The van der Waals surface area contributed by atoms with Crippen LogP contribution in [0.3, 0.4) is 0 Å². The summed E-state index contributed by atoms with van der Waals surface area (Å²) in [5.41, 5.74) is -0.0540. The third kappa shape index (κ3) is 6.94.